The molecule has 0 aliphatic rings. The molecule has 0 atom stereocenters. The fraction of sp³-hybridized carbons (Fsp3) is 0.667. The zero-order chi connectivity index (χ0) is 9.00. The Hall–Kier alpha value is -0.490. The number of rotatable bonds is 0. The summed E-state index contributed by atoms with van der Waals surface area (Å²) in [6, 6.07) is 0. The van der Waals surface area contributed by atoms with Gasteiger partial charge in [-0.1, -0.05) is 0 Å². The molecule has 10 heavy (non-hydrogen) atoms. The Bertz CT molecular complexity index is 63.8. The van der Waals surface area contributed by atoms with Crippen LogP contribution >= 0.6 is 0 Å². The molecule has 61 valence electrons. The van der Waals surface area contributed by atoms with Crippen molar-refractivity contribution in [3.05, 3.63) is 7.18 Å². The quantitative estimate of drug-likeness (QED) is 0.489. The molecule has 0 bridgehead atoms. The molecule has 0 spiro atoms. The van der Waals surface area contributed by atoms with Crippen LogP contribution in [0.5, 0.6) is 0 Å². The molecule has 0 amide bonds. The Morgan fingerprint density at radius 2 is 0.700 bits per heavy atom. The standard InChI is InChI=1S/C2F6.CF/c3-1(4,5)2(6,7)8;1-2. The van der Waals surface area contributed by atoms with E-state index in [1.807, 2.05) is 0 Å². The van der Waals surface area contributed by atoms with Crippen LogP contribution in [0.3, 0.4) is 0 Å². The minimum Gasteiger partial charge on any atom is -0.232 e. The number of hydrogen-bond acceptors (Lipinski definition) is 0. The Morgan fingerprint density at radius 3 is 0.700 bits per heavy atom. The third-order valence-electron chi connectivity index (χ3n) is 0.321. The molecule has 0 saturated heterocycles. The first-order valence-electron chi connectivity index (χ1n) is 1.57. The van der Waals surface area contributed by atoms with E-state index in [2.05, 4.69) is 7.18 Å². The normalized spacial score (nSPS) is 12.0. The minimum atomic E-state index is -6.06. The third-order valence-corrected chi connectivity index (χ3v) is 0.321. The lowest BCUT2D eigenvalue weighted by molar-refractivity contribution is -0.339. The maximum absolute atomic E-state index is 10.4. The van der Waals surface area contributed by atoms with Crippen LogP contribution in [-0.2, 0) is 0 Å². The maximum atomic E-state index is 10.4. The van der Waals surface area contributed by atoms with Gasteiger partial charge in [0.15, 0.2) is 0 Å². The summed E-state index contributed by atoms with van der Waals surface area (Å²) in [6.45, 7) is 0. The largest absolute Gasteiger partial charge is 0.487 e. The van der Waals surface area contributed by atoms with Gasteiger partial charge in [-0.2, -0.15) is 26.3 Å². The lowest BCUT2D eigenvalue weighted by Gasteiger charge is -2.08. The molecule has 0 N–H and O–H groups in total. The lowest BCUT2D eigenvalue weighted by atomic mass is 10.7. The van der Waals surface area contributed by atoms with Gasteiger partial charge in [0, 0.05) is 0 Å². The SMILES string of the molecule is FC(F)(F)C(F)(F)F.[C]F. The van der Waals surface area contributed by atoms with Crippen molar-refractivity contribution < 1.29 is 30.7 Å². The summed E-state index contributed by atoms with van der Waals surface area (Å²) in [5, 5.41) is 0. The monoisotopic (exact) mass is 169 g/mol. The Kier molecular flexibility index (Phi) is 4.42. The van der Waals surface area contributed by atoms with Crippen LogP contribution in [0.1, 0.15) is 0 Å². The molecular weight excluding hydrogens is 169 g/mol. The predicted octanol–water partition coefficient (Wildman–Crippen LogP) is 2.61. The van der Waals surface area contributed by atoms with Gasteiger partial charge in [0.05, 0.1) is 0 Å². The van der Waals surface area contributed by atoms with Gasteiger partial charge in [0.25, 0.3) is 0 Å². The molecule has 0 unspecified atom stereocenters. The highest BCUT2D eigenvalue weighted by Crippen LogP contribution is 2.35. The second-order valence-corrected chi connectivity index (χ2v) is 0.996. The molecule has 0 aromatic rings. The average Bonchev–Trinajstić information content (AvgIpc) is 1.66. The molecule has 7 heteroatoms. The summed E-state index contributed by atoms with van der Waals surface area (Å²) in [4.78, 5) is 0. The number of alkyl halides is 6. The van der Waals surface area contributed by atoms with E-state index >= 15 is 0 Å². The van der Waals surface area contributed by atoms with Crippen LogP contribution in [0.25, 0.3) is 0 Å². The topological polar surface area (TPSA) is 0 Å². The first kappa shape index (κ1) is 12.2. The number of hydrogen-bond donors (Lipinski definition) is 0. The molecule has 0 fully saturated rings. The van der Waals surface area contributed by atoms with Crippen molar-refractivity contribution in [3.63, 3.8) is 0 Å². The highest BCUT2D eigenvalue weighted by atomic mass is 19.5. The molecular formula is C3F7. The summed E-state index contributed by atoms with van der Waals surface area (Å²) >= 11 is 0. The van der Waals surface area contributed by atoms with Crippen molar-refractivity contribution in [2.45, 2.75) is 12.4 Å². The van der Waals surface area contributed by atoms with Gasteiger partial charge in [-0.05, 0) is 0 Å². The molecule has 0 aromatic carbocycles. The molecule has 0 rings (SSSR count). The smallest absolute Gasteiger partial charge is 0.232 e. The van der Waals surface area contributed by atoms with E-state index in [0.717, 1.165) is 0 Å². The Labute approximate surface area is 51.6 Å². The molecule has 0 heterocycles. The Balaban J connectivity index is 0. The van der Waals surface area contributed by atoms with E-state index in [4.69, 9.17) is 4.39 Å². The summed E-state index contributed by atoms with van der Waals surface area (Å²) in [5.41, 5.74) is 0. The van der Waals surface area contributed by atoms with Gasteiger partial charge in [0.2, 0.25) is 7.18 Å². The van der Waals surface area contributed by atoms with Gasteiger partial charge in [-0.25, -0.2) is 4.39 Å². The Morgan fingerprint density at radius 1 is 0.600 bits per heavy atom. The van der Waals surface area contributed by atoms with Crippen LogP contribution in [0, 0.1) is 7.18 Å². The average molecular weight is 169 g/mol. The maximum Gasteiger partial charge on any atom is 0.487 e. The second kappa shape index (κ2) is 3.62. The van der Waals surface area contributed by atoms with Crippen LogP contribution in [0.2, 0.25) is 0 Å². The molecule has 0 nitrogen and oxygen atoms in total. The van der Waals surface area contributed by atoms with E-state index in [-0.39, 0.29) is 0 Å². The van der Waals surface area contributed by atoms with Gasteiger partial charge >= 0.3 is 12.4 Å². The first-order valence-corrected chi connectivity index (χ1v) is 1.57. The number of halogens is 7. The van der Waals surface area contributed by atoms with E-state index < -0.39 is 12.4 Å². The lowest BCUT2D eigenvalue weighted by Crippen LogP contribution is -2.30. The predicted molar refractivity (Wildman–Crippen MR) is 16.5 cm³/mol. The molecule has 0 saturated carbocycles. The highest BCUT2D eigenvalue weighted by molar-refractivity contribution is 4.59. The second-order valence-electron chi connectivity index (χ2n) is 0.996. The van der Waals surface area contributed by atoms with Gasteiger partial charge in [-0.15, -0.1) is 0 Å². The van der Waals surface area contributed by atoms with Gasteiger partial charge in [-0.3, -0.25) is 0 Å². The fourth-order valence-electron chi connectivity index (χ4n) is 0. The molecule has 0 aliphatic heterocycles. The van der Waals surface area contributed by atoms with E-state index in [1.165, 1.54) is 0 Å². The van der Waals surface area contributed by atoms with Gasteiger partial charge < -0.3 is 0 Å². The summed E-state index contributed by atoms with van der Waals surface area (Å²) in [6.07, 6.45) is -12.1. The van der Waals surface area contributed by atoms with Crippen LogP contribution in [0.4, 0.5) is 30.7 Å². The minimum absolute atomic E-state index is 4.25. The summed E-state index contributed by atoms with van der Waals surface area (Å²) in [5.74, 6) is 0. The molecule has 0 aliphatic carbocycles. The van der Waals surface area contributed by atoms with Crippen molar-refractivity contribution in [3.8, 4) is 0 Å². The van der Waals surface area contributed by atoms with Crippen LogP contribution in [-0.4, -0.2) is 12.4 Å². The zero-order valence-corrected chi connectivity index (χ0v) is 4.15. The molecule has 3 radical (unpaired) electrons. The van der Waals surface area contributed by atoms with Crippen molar-refractivity contribution in [1.82, 2.24) is 0 Å². The van der Waals surface area contributed by atoms with Crippen molar-refractivity contribution in [2.75, 3.05) is 0 Å². The van der Waals surface area contributed by atoms with Crippen molar-refractivity contribution in [2.24, 2.45) is 0 Å². The molecule has 0 aromatic heterocycles. The third kappa shape index (κ3) is 4.39. The first-order chi connectivity index (χ1) is 4.25. The van der Waals surface area contributed by atoms with E-state index in [9.17, 15) is 26.3 Å². The summed E-state index contributed by atoms with van der Waals surface area (Å²) < 4.78 is 71.4. The van der Waals surface area contributed by atoms with Crippen molar-refractivity contribution >= 4 is 0 Å². The van der Waals surface area contributed by atoms with Crippen LogP contribution < -0.4 is 0 Å². The zero-order valence-electron chi connectivity index (χ0n) is 4.15. The van der Waals surface area contributed by atoms with Crippen molar-refractivity contribution in [1.29, 1.82) is 0 Å². The van der Waals surface area contributed by atoms with Crippen LogP contribution in [0.15, 0.2) is 0 Å². The van der Waals surface area contributed by atoms with Gasteiger partial charge in [0.1, 0.15) is 0 Å². The summed E-state index contributed by atoms with van der Waals surface area (Å²) in [7, 11) is 4.25. The highest BCUT2D eigenvalue weighted by Gasteiger charge is 2.58. The van der Waals surface area contributed by atoms with E-state index in [1.54, 1.807) is 0 Å². The fourth-order valence-corrected chi connectivity index (χ4v) is 0. The van der Waals surface area contributed by atoms with E-state index in [0.29, 0.717) is 0 Å².